The molecule has 0 aromatic rings. The molecule has 0 amide bonds. The van der Waals surface area contributed by atoms with Crippen molar-refractivity contribution in [1.82, 2.24) is 0 Å². The van der Waals surface area contributed by atoms with Gasteiger partial charge in [-0.2, -0.15) is 0 Å². The van der Waals surface area contributed by atoms with Gasteiger partial charge in [0.1, 0.15) is 6.10 Å². The Morgan fingerprint density at radius 2 is 1.35 bits per heavy atom. The predicted molar refractivity (Wildman–Crippen MR) is 98.3 cm³/mol. The van der Waals surface area contributed by atoms with Gasteiger partial charge in [0.2, 0.25) is 0 Å². The maximum absolute atomic E-state index is 11.8. The lowest BCUT2D eigenvalue weighted by atomic mass is 9.88. The first-order valence-corrected chi connectivity index (χ1v) is 9.32. The molecule has 0 aliphatic carbocycles. The third-order valence-electron chi connectivity index (χ3n) is 4.74. The molecule has 130 valence electrons. The number of cyclic esters (lactones) is 1. The van der Waals surface area contributed by atoms with Crippen molar-refractivity contribution < 1.29 is 9.53 Å². The summed E-state index contributed by atoms with van der Waals surface area (Å²) in [6.07, 6.45) is 17.9. The Labute approximate surface area is 142 Å². The second kappa shape index (κ2) is 12.2. The van der Waals surface area contributed by atoms with Crippen LogP contribution in [0, 0.1) is 5.92 Å². The lowest BCUT2D eigenvalue weighted by Gasteiger charge is -2.17. The molecule has 1 aliphatic rings. The molecule has 1 fully saturated rings. The maximum Gasteiger partial charge on any atom is 0.334 e. The summed E-state index contributed by atoms with van der Waals surface area (Å²) in [4.78, 5) is 11.8. The quantitative estimate of drug-likeness (QED) is 0.166. The molecule has 23 heavy (non-hydrogen) atoms. The molecule has 0 unspecified atom stereocenters. The Balaban J connectivity index is 2.22. The van der Waals surface area contributed by atoms with Crippen LogP contribution in [0.1, 0.15) is 77.0 Å². The number of carbonyl (C=O) groups is 1. The minimum absolute atomic E-state index is 0.0718. The molecule has 1 rings (SSSR count). The van der Waals surface area contributed by atoms with Crippen LogP contribution < -0.4 is 0 Å². The second-order valence-electron chi connectivity index (χ2n) is 6.64. The Morgan fingerprint density at radius 3 is 2.00 bits per heavy atom. The SMILES string of the molecule is C=CCCCCCCC[C@@H]1OC(=O)C(=C)[C@@H]1CCCCCC=C. The van der Waals surface area contributed by atoms with E-state index < -0.39 is 0 Å². The van der Waals surface area contributed by atoms with Crippen LogP contribution >= 0.6 is 0 Å². The molecular formula is C21H34O2. The van der Waals surface area contributed by atoms with E-state index in [2.05, 4.69) is 19.7 Å². The fraction of sp³-hybridized carbons (Fsp3) is 0.667. The van der Waals surface area contributed by atoms with Gasteiger partial charge in [0, 0.05) is 11.5 Å². The summed E-state index contributed by atoms with van der Waals surface area (Å²) < 4.78 is 5.54. The maximum atomic E-state index is 11.8. The van der Waals surface area contributed by atoms with Gasteiger partial charge in [0.15, 0.2) is 0 Å². The van der Waals surface area contributed by atoms with E-state index in [9.17, 15) is 4.79 Å². The third-order valence-corrected chi connectivity index (χ3v) is 4.74. The molecule has 2 heteroatoms. The van der Waals surface area contributed by atoms with Gasteiger partial charge in [0.05, 0.1) is 0 Å². The topological polar surface area (TPSA) is 26.3 Å². The summed E-state index contributed by atoms with van der Waals surface area (Å²) in [6.45, 7) is 11.5. The Morgan fingerprint density at radius 1 is 0.826 bits per heavy atom. The average molecular weight is 319 g/mol. The first kappa shape index (κ1) is 19.7. The van der Waals surface area contributed by atoms with Gasteiger partial charge in [-0.1, -0.05) is 50.8 Å². The third kappa shape index (κ3) is 7.67. The minimum Gasteiger partial charge on any atom is -0.458 e. The summed E-state index contributed by atoms with van der Waals surface area (Å²) in [6, 6.07) is 0. The summed E-state index contributed by atoms with van der Waals surface area (Å²) in [7, 11) is 0. The zero-order valence-electron chi connectivity index (χ0n) is 14.7. The van der Waals surface area contributed by atoms with Gasteiger partial charge >= 0.3 is 5.97 Å². The van der Waals surface area contributed by atoms with E-state index in [1.807, 2.05) is 12.2 Å². The van der Waals surface area contributed by atoms with E-state index in [1.54, 1.807) is 0 Å². The van der Waals surface area contributed by atoms with Crippen LogP contribution in [0.4, 0.5) is 0 Å². The van der Waals surface area contributed by atoms with Crippen LogP contribution in [0.2, 0.25) is 0 Å². The summed E-state index contributed by atoms with van der Waals surface area (Å²) in [5.41, 5.74) is 0.699. The molecule has 0 aromatic carbocycles. The summed E-state index contributed by atoms with van der Waals surface area (Å²) in [5.74, 6) is 0.0732. The Hall–Kier alpha value is -1.31. The van der Waals surface area contributed by atoms with E-state index in [-0.39, 0.29) is 18.0 Å². The van der Waals surface area contributed by atoms with Crippen LogP contribution in [-0.4, -0.2) is 12.1 Å². The highest BCUT2D eigenvalue weighted by Crippen LogP contribution is 2.34. The Bertz CT molecular complexity index is 383. The highest BCUT2D eigenvalue weighted by Gasteiger charge is 2.37. The van der Waals surface area contributed by atoms with Crippen molar-refractivity contribution >= 4 is 5.97 Å². The van der Waals surface area contributed by atoms with Crippen molar-refractivity contribution in [1.29, 1.82) is 0 Å². The number of rotatable bonds is 14. The molecular weight excluding hydrogens is 284 g/mol. The molecule has 0 N–H and O–H groups in total. The monoisotopic (exact) mass is 318 g/mol. The van der Waals surface area contributed by atoms with Crippen molar-refractivity contribution in [2.24, 2.45) is 5.92 Å². The van der Waals surface area contributed by atoms with Crippen molar-refractivity contribution in [3.8, 4) is 0 Å². The van der Waals surface area contributed by atoms with Gasteiger partial charge in [-0.3, -0.25) is 0 Å². The van der Waals surface area contributed by atoms with Gasteiger partial charge in [-0.05, 0) is 44.9 Å². The summed E-state index contributed by atoms with van der Waals surface area (Å²) in [5, 5.41) is 0. The van der Waals surface area contributed by atoms with Gasteiger partial charge in [0.25, 0.3) is 0 Å². The van der Waals surface area contributed by atoms with Crippen LogP contribution in [0.15, 0.2) is 37.5 Å². The average Bonchev–Trinajstić information content (AvgIpc) is 2.81. The standard InChI is InChI=1S/C21H34O2/c1-4-6-8-10-11-13-15-17-20-19(18(3)21(22)23-20)16-14-12-9-7-5-2/h4-5,19-20H,1-3,6-17H2/t19-,20-/m0/s1. The predicted octanol–water partition coefficient (Wildman–Crippen LogP) is 6.14. The molecule has 0 saturated carbocycles. The molecule has 1 saturated heterocycles. The van der Waals surface area contributed by atoms with Crippen LogP contribution in [0.5, 0.6) is 0 Å². The van der Waals surface area contributed by atoms with Gasteiger partial charge in [-0.15, -0.1) is 13.2 Å². The minimum atomic E-state index is -0.169. The molecule has 0 spiro atoms. The number of unbranched alkanes of at least 4 members (excludes halogenated alkanes) is 8. The number of esters is 1. The van der Waals surface area contributed by atoms with Crippen molar-refractivity contribution in [3.63, 3.8) is 0 Å². The molecule has 2 nitrogen and oxygen atoms in total. The lowest BCUT2D eigenvalue weighted by Crippen LogP contribution is -2.16. The number of carbonyl (C=O) groups excluding carboxylic acids is 1. The largest absolute Gasteiger partial charge is 0.458 e. The molecule has 0 radical (unpaired) electrons. The fourth-order valence-electron chi connectivity index (χ4n) is 3.29. The van der Waals surface area contributed by atoms with Gasteiger partial charge in [-0.25, -0.2) is 4.79 Å². The molecule has 0 bridgehead atoms. The number of ether oxygens (including phenoxy) is 1. The van der Waals surface area contributed by atoms with E-state index >= 15 is 0 Å². The van der Waals surface area contributed by atoms with Crippen molar-refractivity contribution in [2.75, 3.05) is 0 Å². The normalized spacial score (nSPS) is 20.5. The lowest BCUT2D eigenvalue weighted by molar-refractivity contribution is -0.139. The highest BCUT2D eigenvalue weighted by molar-refractivity contribution is 5.90. The molecule has 1 heterocycles. The van der Waals surface area contributed by atoms with E-state index in [0.717, 1.165) is 38.5 Å². The number of hydrogen-bond donors (Lipinski definition) is 0. The second-order valence-corrected chi connectivity index (χ2v) is 6.64. The first-order valence-electron chi connectivity index (χ1n) is 9.32. The van der Waals surface area contributed by atoms with Crippen molar-refractivity contribution in [2.45, 2.75) is 83.2 Å². The van der Waals surface area contributed by atoms with E-state index in [0.29, 0.717) is 5.57 Å². The number of hydrogen-bond acceptors (Lipinski definition) is 2. The highest BCUT2D eigenvalue weighted by atomic mass is 16.6. The zero-order valence-corrected chi connectivity index (χ0v) is 14.7. The molecule has 2 atom stereocenters. The van der Waals surface area contributed by atoms with Gasteiger partial charge < -0.3 is 4.74 Å². The fourth-order valence-corrected chi connectivity index (χ4v) is 3.29. The molecule has 1 aliphatic heterocycles. The van der Waals surface area contributed by atoms with Crippen molar-refractivity contribution in [3.05, 3.63) is 37.5 Å². The van der Waals surface area contributed by atoms with E-state index in [4.69, 9.17) is 4.74 Å². The molecule has 0 aromatic heterocycles. The Kier molecular flexibility index (Phi) is 10.4. The van der Waals surface area contributed by atoms with Crippen LogP contribution in [0.25, 0.3) is 0 Å². The smallest absolute Gasteiger partial charge is 0.334 e. The number of allylic oxidation sites excluding steroid dienone is 2. The van der Waals surface area contributed by atoms with Crippen LogP contribution in [0.3, 0.4) is 0 Å². The zero-order chi connectivity index (χ0) is 16.9. The van der Waals surface area contributed by atoms with Crippen LogP contribution in [-0.2, 0) is 9.53 Å². The van der Waals surface area contributed by atoms with E-state index in [1.165, 1.54) is 38.5 Å². The summed E-state index contributed by atoms with van der Waals surface area (Å²) >= 11 is 0. The first-order chi connectivity index (χ1) is 11.2.